The van der Waals surface area contributed by atoms with Crippen molar-refractivity contribution in [2.24, 2.45) is 10.2 Å². The van der Waals surface area contributed by atoms with Crippen molar-refractivity contribution in [3.05, 3.63) is 64.7 Å². The molecule has 1 amide bonds. The van der Waals surface area contributed by atoms with Gasteiger partial charge in [-0.2, -0.15) is 5.10 Å². The molecular formula is C14H12ClN3O3S. The summed E-state index contributed by atoms with van der Waals surface area (Å²) in [6, 6.07) is 12.5. The predicted molar refractivity (Wildman–Crippen MR) is 84.3 cm³/mol. The van der Waals surface area contributed by atoms with Crippen molar-refractivity contribution >= 4 is 33.7 Å². The molecule has 0 bridgehead atoms. The van der Waals surface area contributed by atoms with Crippen LogP contribution >= 0.6 is 11.6 Å². The summed E-state index contributed by atoms with van der Waals surface area (Å²) in [6.45, 7) is 0. The minimum atomic E-state index is -4.00. The first-order valence-corrected chi connectivity index (χ1v) is 8.02. The second kappa shape index (κ2) is 6.69. The maximum absolute atomic E-state index is 12.0. The lowest BCUT2D eigenvalue weighted by atomic mass is 10.2. The summed E-state index contributed by atoms with van der Waals surface area (Å²) in [5.74, 6) is -0.687. The lowest BCUT2D eigenvalue weighted by Crippen LogP contribution is -2.23. The van der Waals surface area contributed by atoms with Crippen molar-refractivity contribution in [2.45, 2.75) is 4.90 Å². The lowest BCUT2D eigenvalue weighted by molar-refractivity contribution is 0.0952. The molecule has 114 valence electrons. The summed E-state index contributed by atoms with van der Waals surface area (Å²) >= 11 is 5.94. The van der Waals surface area contributed by atoms with Crippen molar-refractivity contribution in [2.75, 3.05) is 0 Å². The van der Waals surface area contributed by atoms with Crippen LogP contribution in [0.25, 0.3) is 0 Å². The number of hydrogen-bond donors (Lipinski definition) is 2. The van der Waals surface area contributed by atoms with Gasteiger partial charge in [-0.15, -0.1) is 0 Å². The number of hydrogen-bond acceptors (Lipinski definition) is 4. The maximum atomic E-state index is 12.0. The van der Waals surface area contributed by atoms with Gasteiger partial charge in [-0.3, -0.25) is 4.79 Å². The van der Waals surface area contributed by atoms with E-state index >= 15 is 0 Å². The Hall–Kier alpha value is -2.22. The SMILES string of the molecule is NS(=O)(=O)c1ccccc1C(=O)N/N=C/c1ccccc1Cl. The molecule has 2 rings (SSSR count). The number of nitrogens with two attached hydrogens (primary N) is 1. The monoisotopic (exact) mass is 337 g/mol. The molecule has 0 aromatic heterocycles. The normalized spacial score (nSPS) is 11.5. The first-order chi connectivity index (χ1) is 10.4. The quantitative estimate of drug-likeness (QED) is 0.656. The third-order valence-corrected chi connectivity index (χ3v) is 4.03. The molecule has 6 nitrogen and oxygen atoms in total. The Morgan fingerprint density at radius 3 is 2.45 bits per heavy atom. The largest absolute Gasteiger partial charge is 0.272 e. The van der Waals surface area contributed by atoms with Gasteiger partial charge >= 0.3 is 0 Å². The fraction of sp³-hybridized carbons (Fsp3) is 0. The molecule has 0 heterocycles. The average Bonchev–Trinajstić information content (AvgIpc) is 2.48. The van der Waals surface area contributed by atoms with Crippen LogP contribution < -0.4 is 10.6 Å². The Kier molecular flexibility index (Phi) is 4.92. The van der Waals surface area contributed by atoms with Crippen molar-refractivity contribution < 1.29 is 13.2 Å². The third-order valence-electron chi connectivity index (χ3n) is 2.71. The zero-order valence-corrected chi connectivity index (χ0v) is 12.8. The molecule has 0 aliphatic carbocycles. The highest BCUT2D eigenvalue weighted by Gasteiger charge is 2.18. The van der Waals surface area contributed by atoms with Crippen LogP contribution in [-0.2, 0) is 10.0 Å². The molecule has 2 aromatic carbocycles. The number of sulfonamides is 1. The number of nitrogens with zero attached hydrogens (tertiary/aromatic N) is 1. The minimum absolute atomic E-state index is 0.0821. The van der Waals surface area contributed by atoms with E-state index in [1.807, 2.05) is 0 Å². The topological polar surface area (TPSA) is 102 Å². The average molecular weight is 338 g/mol. The molecule has 22 heavy (non-hydrogen) atoms. The number of benzene rings is 2. The summed E-state index contributed by atoms with van der Waals surface area (Å²) < 4.78 is 22.9. The van der Waals surface area contributed by atoms with E-state index in [4.69, 9.17) is 16.7 Å². The van der Waals surface area contributed by atoms with E-state index in [0.29, 0.717) is 10.6 Å². The van der Waals surface area contributed by atoms with Gasteiger partial charge in [-0.1, -0.05) is 41.9 Å². The molecule has 0 fully saturated rings. The molecule has 0 unspecified atom stereocenters. The van der Waals surface area contributed by atoms with Gasteiger partial charge in [-0.05, 0) is 18.2 Å². The highest BCUT2D eigenvalue weighted by molar-refractivity contribution is 7.89. The van der Waals surface area contributed by atoms with Crippen LogP contribution in [0.5, 0.6) is 0 Å². The van der Waals surface area contributed by atoms with E-state index in [-0.39, 0.29) is 10.5 Å². The number of primary sulfonamides is 1. The first kappa shape index (κ1) is 16.2. The van der Waals surface area contributed by atoms with Crippen LogP contribution in [0.2, 0.25) is 5.02 Å². The first-order valence-electron chi connectivity index (χ1n) is 6.09. The summed E-state index contributed by atoms with van der Waals surface area (Å²) in [4.78, 5) is 11.7. The van der Waals surface area contributed by atoms with Crippen LogP contribution in [0.4, 0.5) is 0 Å². The van der Waals surface area contributed by atoms with Crippen LogP contribution in [-0.4, -0.2) is 20.5 Å². The van der Waals surface area contributed by atoms with Crippen LogP contribution in [0.1, 0.15) is 15.9 Å². The van der Waals surface area contributed by atoms with Gasteiger partial charge in [0.05, 0.1) is 16.7 Å². The van der Waals surface area contributed by atoms with Crippen molar-refractivity contribution in [3.63, 3.8) is 0 Å². The molecule has 0 atom stereocenters. The molecule has 2 aromatic rings. The van der Waals surface area contributed by atoms with Gasteiger partial charge in [0.1, 0.15) is 0 Å². The Morgan fingerprint density at radius 2 is 1.77 bits per heavy atom. The fourth-order valence-corrected chi connectivity index (χ4v) is 2.62. The highest BCUT2D eigenvalue weighted by atomic mass is 35.5. The zero-order chi connectivity index (χ0) is 16.2. The Balaban J connectivity index is 2.19. The van der Waals surface area contributed by atoms with Gasteiger partial charge in [0.15, 0.2) is 0 Å². The maximum Gasteiger partial charge on any atom is 0.272 e. The molecule has 0 aliphatic rings. The van der Waals surface area contributed by atoms with Gasteiger partial charge in [0.2, 0.25) is 10.0 Å². The van der Waals surface area contributed by atoms with Crippen LogP contribution in [0.15, 0.2) is 58.5 Å². The van der Waals surface area contributed by atoms with Crippen molar-refractivity contribution in [1.82, 2.24) is 5.43 Å². The van der Waals surface area contributed by atoms with E-state index in [0.717, 1.165) is 0 Å². The van der Waals surface area contributed by atoms with E-state index in [1.165, 1.54) is 30.5 Å². The minimum Gasteiger partial charge on any atom is -0.267 e. The molecule has 3 N–H and O–H groups in total. The van der Waals surface area contributed by atoms with Gasteiger partial charge in [0, 0.05) is 10.6 Å². The van der Waals surface area contributed by atoms with Crippen LogP contribution in [0.3, 0.4) is 0 Å². The molecule has 0 saturated heterocycles. The number of rotatable bonds is 4. The summed E-state index contributed by atoms with van der Waals surface area (Å²) in [6.07, 6.45) is 1.36. The van der Waals surface area contributed by atoms with Gasteiger partial charge < -0.3 is 0 Å². The van der Waals surface area contributed by atoms with Gasteiger partial charge in [0.25, 0.3) is 5.91 Å². The number of amides is 1. The molecule has 0 radical (unpaired) electrons. The standard InChI is InChI=1S/C14H12ClN3O3S/c15-12-7-3-1-5-10(12)9-17-18-14(19)11-6-2-4-8-13(11)22(16,20)21/h1-9H,(H,18,19)(H2,16,20,21)/b17-9+. The lowest BCUT2D eigenvalue weighted by Gasteiger charge is -2.05. The number of carbonyl (C=O) groups is 1. The fourth-order valence-electron chi connectivity index (χ4n) is 1.70. The van der Waals surface area contributed by atoms with Crippen molar-refractivity contribution in [3.8, 4) is 0 Å². The Bertz CT molecular complexity index is 835. The summed E-state index contributed by atoms with van der Waals surface area (Å²) in [5, 5.41) is 9.31. The number of carbonyl (C=O) groups excluding carboxylic acids is 1. The van der Waals surface area contributed by atoms with E-state index in [9.17, 15) is 13.2 Å². The van der Waals surface area contributed by atoms with E-state index in [2.05, 4.69) is 10.5 Å². The Labute approximate surface area is 132 Å². The zero-order valence-electron chi connectivity index (χ0n) is 11.2. The Morgan fingerprint density at radius 1 is 1.14 bits per heavy atom. The number of halogens is 1. The summed E-state index contributed by atoms with van der Waals surface area (Å²) in [7, 11) is -4.00. The second-order valence-electron chi connectivity index (χ2n) is 4.26. The predicted octanol–water partition coefficient (Wildman–Crippen LogP) is 1.75. The van der Waals surface area contributed by atoms with Crippen molar-refractivity contribution in [1.29, 1.82) is 0 Å². The molecule has 0 aliphatic heterocycles. The number of hydrazone groups is 1. The molecule has 0 spiro atoms. The van der Waals surface area contributed by atoms with Crippen LogP contribution in [0, 0.1) is 0 Å². The van der Waals surface area contributed by atoms with E-state index < -0.39 is 15.9 Å². The smallest absolute Gasteiger partial charge is 0.267 e. The molecule has 8 heteroatoms. The second-order valence-corrected chi connectivity index (χ2v) is 6.20. The van der Waals surface area contributed by atoms with E-state index in [1.54, 1.807) is 24.3 Å². The summed E-state index contributed by atoms with van der Waals surface area (Å²) in [5.41, 5.74) is 2.77. The highest BCUT2D eigenvalue weighted by Crippen LogP contribution is 2.14. The molecular weight excluding hydrogens is 326 g/mol. The number of nitrogens with one attached hydrogen (secondary N) is 1. The van der Waals surface area contributed by atoms with Gasteiger partial charge in [-0.25, -0.2) is 19.0 Å². The molecule has 0 saturated carbocycles. The third kappa shape index (κ3) is 3.91.